The summed E-state index contributed by atoms with van der Waals surface area (Å²) in [5, 5.41) is 14.2. The molecule has 100 valence electrons. The van der Waals surface area contributed by atoms with Crippen molar-refractivity contribution >= 4 is 5.82 Å². The molecule has 1 N–H and O–H groups in total. The molecule has 1 saturated heterocycles. The van der Waals surface area contributed by atoms with Gasteiger partial charge >= 0.3 is 5.82 Å². The van der Waals surface area contributed by atoms with Gasteiger partial charge in [0, 0.05) is 39.1 Å². The molecule has 0 radical (unpaired) electrons. The van der Waals surface area contributed by atoms with Gasteiger partial charge < -0.3 is 15.4 Å². The number of hydrogen-bond acceptors (Lipinski definition) is 5. The van der Waals surface area contributed by atoms with Crippen LogP contribution in [0.3, 0.4) is 0 Å². The van der Waals surface area contributed by atoms with E-state index in [4.69, 9.17) is 0 Å². The Balaban J connectivity index is 1.97. The third-order valence-corrected chi connectivity index (χ3v) is 3.31. The zero-order valence-corrected chi connectivity index (χ0v) is 10.8. The van der Waals surface area contributed by atoms with Crippen LogP contribution in [0.15, 0.2) is 6.20 Å². The van der Waals surface area contributed by atoms with Crippen molar-refractivity contribution in [1.29, 1.82) is 0 Å². The van der Waals surface area contributed by atoms with Gasteiger partial charge in [0.05, 0.1) is 0 Å². The molecule has 1 aliphatic heterocycles. The lowest BCUT2D eigenvalue weighted by Gasteiger charge is -2.31. The zero-order valence-electron chi connectivity index (χ0n) is 10.8. The predicted octanol–water partition coefficient (Wildman–Crippen LogP) is 0.393. The molecule has 7 heteroatoms. The summed E-state index contributed by atoms with van der Waals surface area (Å²) >= 11 is 0. The molecule has 7 nitrogen and oxygen atoms in total. The van der Waals surface area contributed by atoms with Crippen LogP contribution in [0.1, 0.15) is 12.7 Å². The third-order valence-electron chi connectivity index (χ3n) is 3.31. The first-order valence-electron chi connectivity index (χ1n) is 6.20. The van der Waals surface area contributed by atoms with Gasteiger partial charge in [-0.2, -0.15) is 0 Å². The Hall–Kier alpha value is -1.47. The topological polar surface area (TPSA) is 76.2 Å². The predicted molar refractivity (Wildman–Crippen MR) is 67.5 cm³/mol. The second-order valence-electron chi connectivity index (χ2n) is 4.73. The number of aryl methyl sites for hydroxylation is 1. The molecule has 0 unspecified atom stereocenters. The Kier molecular flexibility index (Phi) is 3.93. The highest BCUT2D eigenvalue weighted by molar-refractivity contribution is 5.18. The lowest BCUT2D eigenvalue weighted by Crippen LogP contribution is -2.49. The molecule has 0 spiro atoms. The normalized spacial score (nSPS) is 21.1. The number of hydrogen-bond donors (Lipinski definition) is 1. The Morgan fingerprint density at radius 1 is 1.61 bits per heavy atom. The second-order valence-corrected chi connectivity index (χ2v) is 4.73. The molecule has 0 aromatic carbocycles. The van der Waals surface area contributed by atoms with Gasteiger partial charge in [0.15, 0.2) is 5.82 Å². The van der Waals surface area contributed by atoms with Crippen LogP contribution in [0.2, 0.25) is 0 Å². The molecule has 1 aromatic heterocycles. The Morgan fingerprint density at radius 2 is 2.39 bits per heavy atom. The molecular formula is C11H19N5O2. The van der Waals surface area contributed by atoms with E-state index in [1.807, 2.05) is 0 Å². The highest BCUT2D eigenvalue weighted by Gasteiger charge is 2.20. The van der Waals surface area contributed by atoms with E-state index in [0.717, 1.165) is 26.2 Å². The minimum atomic E-state index is -0.375. The molecule has 1 fully saturated rings. The molecule has 1 aliphatic rings. The van der Waals surface area contributed by atoms with E-state index in [2.05, 4.69) is 22.1 Å². The number of nitrogens with zero attached hydrogens (tertiary/aromatic N) is 4. The van der Waals surface area contributed by atoms with Crippen molar-refractivity contribution in [3.8, 4) is 0 Å². The van der Waals surface area contributed by atoms with Gasteiger partial charge in [-0.15, -0.1) is 0 Å². The summed E-state index contributed by atoms with van der Waals surface area (Å²) in [6.45, 7) is 8.35. The molecule has 0 amide bonds. The van der Waals surface area contributed by atoms with Crippen LogP contribution in [0.4, 0.5) is 5.82 Å². The van der Waals surface area contributed by atoms with Gasteiger partial charge in [0.2, 0.25) is 0 Å². The van der Waals surface area contributed by atoms with E-state index in [0.29, 0.717) is 18.4 Å². The van der Waals surface area contributed by atoms with E-state index < -0.39 is 0 Å². The Labute approximate surface area is 106 Å². The van der Waals surface area contributed by atoms with Gasteiger partial charge in [0.1, 0.15) is 12.7 Å². The van der Waals surface area contributed by atoms with Crippen molar-refractivity contribution in [2.45, 2.75) is 26.4 Å². The molecule has 2 heterocycles. The van der Waals surface area contributed by atoms with Gasteiger partial charge in [0.25, 0.3) is 0 Å². The van der Waals surface area contributed by atoms with Crippen molar-refractivity contribution in [3.63, 3.8) is 0 Å². The first-order valence-corrected chi connectivity index (χ1v) is 6.20. The van der Waals surface area contributed by atoms with Crippen LogP contribution in [-0.4, -0.2) is 51.6 Å². The summed E-state index contributed by atoms with van der Waals surface area (Å²) < 4.78 is 1.67. The van der Waals surface area contributed by atoms with E-state index in [1.165, 1.54) is 6.20 Å². The van der Waals surface area contributed by atoms with E-state index >= 15 is 0 Å². The Morgan fingerprint density at radius 3 is 3.06 bits per heavy atom. The summed E-state index contributed by atoms with van der Waals surface area (Å²) in [6.07, 6.45) is 1.33. The number of nitro groups is 1. The monoisotopic (exact) mass is 253 g/mol. The standard InChI is InChI=1S/C11H19N5O2/c1-9-8-14(4-3-12-9)5-6-15-10(2)13-7-11(15)16(17)18/h7,9,12H,3-6,8H2,1-2H3/t9-/m1/s1. The molecule has 0 saturated carbocycles. The number of imidazole rings is 1. The SMILES string of the molecule is Cc1ncc([N+](=O)[O-])n1CCN1CCN[C@H](C)C1. The maximum absolute atomic E-state index is 10.9. The number of aromatic nitrogens is 2. The summed E-state index contributed by atoms with van der Waals surface area (Å²) in [6, 6.07) is 0.484. The summed E-state index contributed by atoms with van der Waals surface area (Å²) in [5.41, 5.74) is 0. The van der Waals surface area contributed by atoms with Crippen LogP contribution in [0.25, 0.3) is 0 Å². The van der Waals surface area contributed by atoms with Crippen LogP contribution < -0.4 is 5.32 Å². The molecule has 1 atom stereocenters. The molecular weight excluding hydrogens is 234 g/mol. The fourth-order valence-electron chi connectivity index (χ4n) is 2.34. The van der Waals surface area contributed by atoms with Crippen molar-refractivity contribution in [1.82, 2.24) is 19.8 Å². The van der Waals surface area contributed by atoms with Crippen LogP contribution >= 0.6 is 0 Å². The van der Waals surface area contributed by atoms with Crippen molar-refractivity contribution in [2.24, 2.45) is 0 Å². The first kappa shape index (κ1) is 13.0. The largest absolute Gasteiger partial charge is 0.358 e. The molecule has 0 bridgehead atoms. The zero-order chi connectivity index (χ0) is 13.1. The highest BCUT2D eigenvalue weighted by atomic mass is 16.6. The van der Waals surface area contributed by atoms with Crippen LogP contribution in [-0.2, 0) is 6.54 Å². The Bertz CT molecular complexity index is 431. The van der Waals surface area contributed by atoms with Crippen LogP contribution in [0.5, 0.6) is 0 Å². The summed E-state index contributed by atoms with van der Waals surface area (Å²) in [7, 11) is 0. The smallest absolute Gasteiger partial charge is 0.342 e. The fraction of sp³-hybridized carbons (Fsp3) is 0.727. The fourth-order valence-corrected chi connectivity index (χ4v) is 2.34. The van der Waals surface area contributed by atoms with E-state index in [-0.39, 0.29) is 10.7 Å². The van der Waals surface area contributed by atoms with Crippen molar-refractivity contribution < 1.29 is 4.92 Å². The molecule has 1 aromatic rings. The second kappa shape index (κ2) is 5.45. The number of piperazine rings is 1. The minimum absolute atomic E-state index is 0.0793. The molecule has 2 rings (SSSR count). The van der Waals surface area contributed by atoms with E-state index in [1.54, 1.807) is 11.5 Å². The number of nitrogens with one attached hydrogen (secondary N) is 1. The van der Waals surface area contributed by atoms with Gasteiger partial charge in [-0.3, -0.25) is 4.90 Å². The van der Waals surface area contributed by atoms with Crippen LogP contribution in [0, 0.1) is 17.0 Å². The maximum Gasteiger partial charge on any atom is 0.342 e. The molecule has 18 heavy (non-hydrogen) atoms. The average Bonchev–Trinajstić information content (AvgIpc) is 2.68. The van der Waals surface area contributed by atoms with E-state index in [9.17, 15) is 10.1 Å². The van der Waals surface area contributed by atoms with Crippen molar-refractivity contribution in [2.75, 3.05) is 26.2 Å². The summed E-state index contributed by atoms with van der Waals surface area (Å²) in [5.74, 6) is 0.778. The highest BCUT2D eigenvalue weighted by Crippen LogP contribution is 2.13. The van der Waals surface area contributed by atoms with Gasteiger partial charge in [-0.25, -0.2) is 9.55 Å². The third kappa shape index (κ3) is 2.85. The molecule has 0 aliphatic carbocycles. The van der Waals surface area contributed by atoms with Gasteiger partial charge in [-0.05, 0) is 11.8 Å². The lowest BCUT2D eigenvalue weighted by atomic mass is 10.2. The first-order chi connectivity index (χ1) is 8.58. The van der Waals surface area contributed by atoms with Crippen molar-refractivity contribution in [3.05, 3.63) is 22.1 Å². The summed E-state index contributed by atoms with van der Waals surface area (Å²) in [4.78, 5) is 16.8. The minimum Gasteiger partial charge on any atom is -0.358 e. The van der Waals surface area contributed by atoms with Gasteiger partial charge in [-0.1, -0.05) is 0 Å². The quantitative estimate of drug-likeness (QED) is 0.620. The average molecular weight is 253 g/mol. The number of rotatable bonds is 4. The lowest BCUT2D eigenvalue weighted by molar-refractivity contribution is -0.392. The maximum atomic E-state index is 10.9.